The summed E-state index contributed by atoms with van der Waals surface area (Å²) in [6, 6.07) is 47.1. The minimum Gasteiger partial charge on any atom is -0.463 e. The van der Waals surface area contributed by atoms with Gasteiger partial charge in [0.25, 0.3) is 0 Å². The van der Waals surface area contributed by atoms with Gasteiger partial charge in [-0.3, -0.25) is 58.7 Å². The Bertz CT molecular complexity index is 4770. The fourth-order valence-corrected chi connectivity index (χ4v) is 16.0. The van der Waals surface area contributed by atoms with E-state index in [1.165, 1.54) is 36.4 Å². The predicted molar refractivity (Wildman–Crippen MR) is 457 cm³/mol. The van der Waals surface area contributed by atoms with Gasteiger partial charge in [0, 0.05) is 178 Å². The number of benzene rings is 6. The number of esters is 1. The molecule has 3 aromatic heterocycles. The topological polar surface area (TPSA) is 143 Å². The lowest BCUT2D eigenvalue weighted by Gasteiger charge is -2.41. The number of carbonyl (C=O) groups excluding carboxylic acids is 3. The number of alkyl halides is 18. The Balaban J connectivity index is 0.000000201. The molecule has 12 rings (SSSR count). The number of nitrogens with one attached hydrogen (secondary N) is 2. The van der Waals surface area contributed by atoms with E-state index in [4.69, 9.17) is 4.74 Å². The van der Waals surface area contributed by atoms with Crippen LogP contribution in [0.15, 0.2) is 219 Å². The van der Waals surface area contributed by atoms with E-state index >= 15 is 0 Å². The van der Waals surface area contributed by atoms with E-state index in [1.807, 2.05) is 126 Å². The van der Waals surface area contributed by atoms with Gasteiger partial charge in [-0.1, -0.05) is 146 Å². The molecular formula is C96H107F18N11O4. The van der Waals surface area contributed by atoms with E-state index in [-0.39, 0.29) is 81.3 Å². The van der Waals surface area contributed by atoms with Crippen LogP contribution in [0.25, 0.3) is 33.4 Å². The molecule has 0 saturated carbocycles. The number of ether oxygens (including phenoxy) is 1. The molecule has 0 spiro atoms. The molecule has 33 heteroatoms. The number of hydrogen-bond acceptors (Lipinski definition) is 13. The number of nitrogens with zero attached hydrogens (tertiary/aromatic N) is 9. The predicted octanol–water partition coefficient (Wildman–Crippen LogP) is 20.6. The van der Waals surface area contributed by atoms with Gasteiger partial charge in [0.1, 0.15) is 0 Å². The molecule has 3 saturated heterocycles. The SMILES string of the molecule is CC(C)NC(=O)CC1CN(Cc2ccc(-c3ccc(C(C)(C(F)(F)F)C(F)(F)F)cc3)cc2)CCN1Cc1ccncc1.CC(C)NC(=O)CC1CN(Cc2ccncc2)CCN1Cc1ccc(-c2ccc(C(C)(C(F)(F)F)C(F)(F)F)cc2)cc1.CC(C)OC(=O)CC1CN(Cc2ccc(-c3ccc(C(C)(C(F)(F)F)C(F)(F)F)cc3)cc2)CCN1Cc1ccncc1. The third-order valence-electron chi connectivity index (χ3n) is 23.9. The quantitative estimate of drug-likeness (QED) is 0.0373. The molecule has 2 amide bonds. The van der Waals surface area contributed by atoms with Crippen molar-refractivity contribution in [2.75, 3.05) is 58.9 Å². The van der Waals surface area contributed by atoms with Gasteiger partial charge in [-0.2, -0.15) is 79.0 Å². The first-order valence-electron chi connectivity index (χ1n) is 42.4. The number of amides is 2. The summed E-state index contributed by atoms with van der Waals surface area (Å²) in [5.74, 6) is -0.257. The van der Waals surface area contributed by atoms with E-state index in [9.17, 15) is 93.4 Å². The number of halogens is 18. The fraction of sp³-hybridized carbons (Fsp3) is 0.438. The van der Waals surface area contributed by atoms with E-state index in [0.29, 0.717) is 98.6 Å². The highest BCUT2D eigenvalue weighted by Gasteiger charge is 2.70. The molecule has 2 N–H and O–H groups in total. The molecule has 129 heavy (non-hydrogen) atoms. The van der Waals surface area contributed by atoms with Crippen LogP contribution >= 0.6 is 0 Å². The fourth-order valence-electron chi connectivity index (χ4n) is 16.0. The van der Waals surface area contributed by atoms with Gasteiger partial charge in [-0.25, -0.2) is 0 Å². The van der Waals surface area contributed by atoms with Gasteiger partial charge in [-0.15, -0.1) is 0 Å². The van der Waals surface area contributed by atoms with Gasteiger partial charge in [0.15, 0.2) is 16.2 Å². The second-order valence-electron chi connectivity index (χ2n) is 34.4. The zero-order chi connectivity index (χ0) is 94.2. The number of aromatic nitrogens is 3. The molecule has 15 nitrogen and oxygen atoms in total. The van der Waals surface area contributed by atoms with Crippen molar-refractivity contribution < 1.29 is 98.1 Å². The molecule has 0 radical (unpaired) electrons. The Kier molecular flexibility index (Phi) is 33.4. The largest absolute Gasteiger partial charge is 0.463 e. The van der Waals surface area contributed by atoms with Gasteiger partial charge >= 0.3 is 43.0 Å². The first-order valence-corrected chi connectivity index (χ1v) is 42.4. The van der Waals surface area contributed by atoms with Crippen molar-refractivity contribution in [2.24, 2.45) is 0 Å². The molecule has 9 aromatic rings. The van der Waals surface area contributed by atoms with E-state index in [1.54, 1.807) is 61.4 Å². The van der Waals surface area contributed by atoms with E-state index in [2.05, 4.69) is 55.0 Å². The standard InChI is InChI=1S/2C32H36F6N4O.C32H35F6N3O2/c1-22(2)40-29(43)18-28-21-41(19-24-12-14-39-15-13-24)16-17-42(28)20-23-4-6-25(7-5-23)26-8-10-27(11-9-26)30(3,31(33,34)35)32(36,37)38;1-22(2)40-29(43)18-28-21-41(16-17-42(28)20-24-12-14-39-15-13-24)19-23-4-6-25(7-5-23)26-8-10-27(11-9-26)30(3,31(33,34)35)32(36,37)38;1-22(2)43-29(42)18-28-21-40(16-17-41(28)20-24-12-14-39-15-13-24)19-23-4-6-25(7-5-23)26-8-10-27(11-9-26)30(3,31(33,34)35)32(36,37)38/h2*4-15,22,28H,16-21H2,1-3H3,(H,40,43);4-15,22,28H,16-21H2,1-3H3. The number of carbonyl (C=O) groups is 3. The Morgan fingerprint density at radius 1 is 0.310 bits per heavy atom. The lowest BCUT2D eigenvalue weighted by Crippen LogP contribution is -2.53. The van der Waals surface area contributed by atoms with Gasteiger partial charge in [-0.05, 0) is 182 Å². The molecule has 696 valence electrons. The Labute approximate surface area is 739 Å². The molecule has 3 fully saturated rings. The van der Waals surface area contributed by atoms with Crippen LogP contribution in [0.4, 0.5) is 79.0 Å². The summed E-state index contributed by atoms with van der Waals surface area (Å²) in [5, 5.41) is 5.96. The van der Waals surface area contributed by atoms with Crippen LogP contribution in [0.5, 0.6) is 0 Å². The molecule has 0 bridgehead atoms. The first-order chi connectivity index (χ1) is 60.5. The average molecular weight is 1820 g/mol. The van der Waals surface area contributed by atoms with Crippen molar-refractivity contribution in [1.29, 1.82) is 0 Å². The minimum atomic E-state index is -5.49. The molecule has 3 aliphatic heterocycles. The van der Waals surface area contributed by atoms with Crippen LogP contribution in [0.1, 0.15) is 132 Å². The second kappa shape index (κ2) is 42.7. The van der Waals surface area contributed by atoms with Crippen LogP contribution in [0.3, 0.4) is 0 Å². The monoisotopic (exact) mass is 1820 g/mol. The zero-order valence-electron chi connectivity index (χ0n) is 72.9. The number of piperazine rings is 3. The summed E-state index contributed by atoms with van der Waals surface area (Å²) >= 11 is 0. The Morgan fingerprint density at radius 2 is 0.519 bits per heavy atom. The lowest BCUT2D eigenvalue weighted by molar-refractivity contribution is -0.298. The highest BCUT2D eigenvalue weighted by Crippen LogP contribution is 2.55. The van der Waals surface area contributed by atoms with E-state index in [0.717, 1.165) is 116 Å². The zero-order valence-corrected chi connectivity index (χ0v) is 72.9. The maximum atomic E-state index is 13.5. The third-order valence-corrected chi connectivity index (χ3v) is 23.9. The smallest absolute Gasteiger partial charge is 0.406 e. The van der Waals surface area contributed by atoms with Crippen LogP contribution in [-0.2, 0) is 74.6 Å². The molecule has 3 aliphatic rings. The summed E-state index contributed by atoms with van der Waals surface area (Å²) in [4.78, 5) is 63.9. The van der Waals surface area contributed by atoms with Crippen molar-refractivity contribution >= 4 is 17.8 Å². The van der Waals surface area contributed by atoms with Crippen LogP contribution in [0, 0.1) is 0 Å². The minimum absolute atomic E-state index is 0.00253. The lowest BCUT2D eigenvalue weighted by atomic mass is 9.80. The number of rotatable bonds is 27. The molecular weight excluding hydrogens is 1710 g/mol. The summed E-state index contributed by atoms with van der Waals surface area (Å²) in [5.41, 5.74) is -4.52. The first kappa shape index (κ1) is 101. The molecule has 3 atom stereocenters. The van der Waals surface area contributed by atoms with Crippen molar-refractivity contribution in [3.05, 3.63) is 269 Å². The van der Waals surface area contributed by atoms with Crippen molar-refractivity contribution in [3.8, 4) is 33.4 Å². The van der Waals surface area contributed by atoms with Gasteiger partial charge in [0.05, 0.1) is 12.5 Å². The van der Waals surface area contributed by atoms with Crippen molar-refractivity contribution in [3.63, 3.8) is 0 Å². The second-order valence-corrected chi connectivity index (χ2v) is 34.4. The summed E-state index contributed by atoms with van der Waals surface area (Å²) in [6.45, 7) is 22.6. The van der Waals surface area contributed by atoms with Crippen LogP contribution in [0.2, 0.25) is 0 Å². The van der Waals surface area contributed by atoms with Gasteiger partial charge in [0.2, 0.25) is 11.8 Å². The third kappa shape index (κ3) is 26.3. The highest BCUT2D eigenvalue weighted by molar-refractivity contribution is 5.77. The summed E-state index contributed by atoms with van der Waals surface area (Å²) in [7, 11) is 0. The summed E-state index contributed by atoms with van der Waals surface area (Å²) in [6.07, 6.45) is -21.6. The maximum absolute atomic E-state index is 13.5. The van der Waals surface area contributed by atoms with Gasteiger partial charge < -0.3 is 15.4 Å². The Morgan fingerprint density at radius 3 is 0.744 bits per heavy atom. The molecule has 6 heterocycles. The van der Waals surface area contributed by atoms with Crippen molar-refractivity contribution in [1.82, 2.24) is 55.0 Å². The summed E-state index contributed by atoms with van der Waals surface area (Å²) < 4.78 is 248. The number of hydrogen-bond donors (Lipinski definition) is 2. The average Bonchev–Trinajstić information content (AvgIpc) is 0.753. The molecule has 6 aromatic carbocycles. The van der Waals surface area contributed by atoms with Crippen LogP contribution < -0.4 is 10.6 Å². The normalized spacial score (nSPS) is 17.3. The molecule has 3 unspecified atom stereocenters. The van der Waals surface area contributed by atoms with E-state index < -0.39 is 70.0 Å². The molecule has 0 aliphatic carbocycles. The number of pyridine rings is 3. The maximum Gasteiger partial charge on any atom is 0.406 e. The van der Waals surface area contributed by atoms with Crippen molar-refractivity contribution in [2.45, 2.75) is 210 Å². The Hall–Kier alpha value is -10.3. The highest BCUT2D eigenvalue weighted by atomic mass is 19.4. The van der Waals surface area contributed by atoms with Crippen LogP contribution in [-0.4, -0.2) is 194 Å².